The first-order chi connectivity index (χ1) is 18.3. The van der Waals surface area contributed by atoms with Crippen LogP contribution in [-0.2, 0) is 16.6 Å². The Bertz CT molecular complexity index is 1570. The van der Waals surface area contributed by atoms with Gasteiger partial charge < -0.3 is 14.8 Å². The van der Waals surface area contributed by atoms with Crippen molar-refractivity contribution in [2.75, 3.05) is 12.4 Å². The zero-order valence-electron chi connectivity index (χ0n) is 20.6. The molecule has 2 N–H and O–H groups in total. The Hall–Kier alpha value is -4.97. The molecule has 2 amide bonds. The zero-order chi connectivity index (χ0) is 27.2. The number of carbonyl (C=O) groups excluding carboxylic acids is 3. The predicted molar refractivity (Wildman–Crippen MR) is 142 cm³/mol. The first-order valence-electron chi connectivity index (χ1n) is 11.2. The molecule has 0 saturated heterocycles. The molecule has 0 spiro atoms. The Morgan fingerprint density at radius 1 is 1.00 bits per heavy atom. The Morgan fingerprint density at radius 3 is 2.45 bits per heavy atom. The Kier molecular flexibility index (Phi) is 7.83. The average molecular weight is 534 g/mol. The van der Waals surface area contributed by atoms with E-state index in [4.69, 9.17) is 9.47 Å². The number of carbonyl (C=O) groups is 3. The van der Waals surface area contributed by atoms with Crippen molar-refractivity contribution in [1.29, 1.82) is 0 Å². The van der Waals surface area contributed by atoms with E-state index in [1.54, 1.807) is 72.6 Å². The summed E-state index contributed by atoms with van der Waals surface area (Å²) in [5.41, 5.74) is 3.21. The SMILES string of the molecule is COc1cc(/C=N/NC(=O)C(=O)Nc2c(C)n(C)n(-c3ccccc3)c2=O)ccc1OC(=O)c1cccs1. The molecule has 0 unspecified atom stereocenters. The molecule has 2 heterocycles. The van der Waals surface area contributed by atoms with Gasteiger partial charge in [0.2, 0.25) is 0 Å². The molecule has 0 atom stereocenters. The molecule has 0 aliphatic heterocycles. The fourth-order valence-corrected chi connectivity index (χ4v) is 4.09. The molecule has 11 nitrogen and oxygen atoms in total. The van der Waals surface area contributed by atoms with Gasteiger partial charge in [-0.25, -0.2) is 14.9 Å². The maximum atomic E-state index is 12.9. The van der Waals surface area contributed by atoms with Crippen LogP contribution in [0.2, 0.25) is 0 Å². The molecule has 0 aliphatic rings. The molecule has 0 saturated carbocycles. The van der Waals surface area contributed by atoms with E-state index >= 15 is 0 Å². The van der Waals surface area contributed by atoms with Gasteiger partial charge in [-0.15, -0.1) is 11.3 Å². The molecule has 4 rings (SSSR count). The summed E-state index contributed by atoms with van der Waals surface area (Å²) in [6, 6.07) is 17.0. The Balaban J connectivity index is 1.40. The molecule has 12 heteroatoms. The summed E-state index contributed by atoms with van der Waals surface area (Å²) >= 11 is 1.26. The van der Waals surface area contributed by atoms with Gasteiger partial charge in [0.25, 0.3) is 5.56 Å². The first kappa shape index (κ1) is 26.1. The van der Waals surface area contributed by atoms with Crippen LogP contribution in [-0.4, -0.2) is 40.5 Å². The molecule has 2 aromatic carbocycles. The van der Waals surface area contributed by atoms with Gasteiger partial charge in [-0.3, -0.25) is 19.1 Å². The number of amides is 2. The minimum atomic E-state index is -1.07. The number of ether oxygens (including phenoxy) is 2. The van der Waals surface area contributed by atoms with Crippen molar-refractivity contribution in [2.45, 2.75) is 6.92 Å². The maximum absolute atomic E-state index is 12.9. The maximum Gasteiger partial charge on any atom is 0.353 e. The highest BCUT2D eigenvalue weighted by molar-refractivity contribution is 7.12. The van der Waals surface area contributed by atoms with E-state index in [1.165, 1.54) is 35.4 Å². The first-order valence-corrected chi connectivity index (χ1v) is 12.1. The number of hydrogen-bond acceptors (Lipinski definition) is 8. The Labute approximate surface area is 220 Å². The topological polar surface area (TPSA) is 133 Å². The zero-order valence-corrected chi connectivity index (χ0v) is 21.4. The number of anilines is 1. The summed E-state index contributed by atoms with van der Waals surface area (Å²) in [4.78, 5) is 50.3. The number of thiophene rings is 1. The smallest absolute Gasteiger partial charge is 0.353 e. The summed E-state index contributed by atoms with van der Waals surface area (Å²) in [5.74, 6) is -2.14. The molecule has 194 valence electrons. The van der Waals surface area contributed by atoms with Crippen molar-refractivity contribution < 1.29 is 23.9 Å². The van der Waals surface area contributed by atoms with Gasteiger partial charge in [0.15, 0.2) is 11.5 Å². The molecular formula is C26H23N5O6S. The van der Waals surface area contributed by atoms with Crippen molar-refractivity contribution in [1.82, 2.24) is 14.8 Å². The summed E-state index contributed by atoms with van der Waals surface area (Å²) in [6.45, 7) is 1.65. The quantitative estimate of drug-likeness (QED) is 0.123. The lowest BCUT2D eigenvalue weighted by molar-refractivity contribution is -0.136. The van der Waals surface area contributed by atoms with Crippen LogP contribution in [0.25, 0.3) is 5.69 Å². The summed E-state index contributed by atoms with van der Waals surface area (Å²) in [6.07, 6.45) is 1.29. The minimum Gasteiger partial charge on any atom is -0.493 e. The predicted octanol–water partition coefficient (Wildman–Crippen LogP) is 2.86. The van der Waals surface area contributed by atoms with E-state index < -0.39 is 23.3 Å². The Morgan fingerprint density at radius 2 is 1.76 bits per heavy atom. The average Bonchev–Trinajstić information content (AvgIpc) is 3.53. The van der Waals surface area contributed by atoms with E-state index in [0.29, 0.717) is 21.8 Å². The van der Waals surface area contributed by atoms with E-state index in [1.807, 2.05) is 6.07 Å². The fourth-order valence-electron chi connectivity index (χ4n) is 3.49. The number of hydrogen-bond donors (Lipinski definition) is 2. The third kappa shape index (κ3) is 5.55. The van der Waals surface area contributed by atoms with Crippen molar-refractivity contribution in [2.24, 2.45) is 12.1 Å². The van der Waals surface area contributed by atoms with Crippen molar-refractivity contribution in [3.8, 4) is 17.2 Å². The second kappa shape index (κ2) is 11.4. The second-order valence-corrected chi connectivity index (χ2v) is 8.81. The van der Waals surface area contributed by atoms with Crippen molar-refractivity contribution in [3.63, 3.8) is 0 Å². The largest absolute Gasteiger partial charge is 0.493 e. The van der Waals surface area contributed by atoms with Crippen LogP contribution in [0.15, 0.2) is 75.9 Å². The van der Waals surface area contributed by atoms with Crippen molar-refractivity contribution >= 4 is 41.0 Å². The monoisotopic (exact) mass is 533 g/mol. The number of rotatable bonds is 7. The molecule has 0 radical (unpaired) electrons. The van der Waals surface area contributed by atoms with Gasteiger partial charge in [0.1, 0.15) is 10.6 Å². The lowest BCUT2D eigenvalue weighted by Crippen LogP contribution is -2.34. The van der Waals surface area contributed by atoms with Crippen LogP contribution in [0.5, 0.6) is 11.5 Å². The van der Waals surface area contributed by atoms with Crippen molar-refractivity contribution in [3.05, 3.63) is 92.5 Å². The van der Waals surface area contributed by atoms with E-state index in [-0.39, 0.29) is 17.2 Å². The number of hydrazone groups is 1. The molecular weight excluding hydrogens is 510 g/mol. The van der Waals surface area contributed by atoms with Gasteiger partial charge >= 0.3 is 17.8 Å². The highest BCUT2D eigenvalue weighted by atomic mass is 32.1. The highest BCUT2D eigenvalue weighted by Gasteiger charge is 2.21. The van der Waals surface area contributed by atoms with Gasteiger partial charge in [-0.1, -0.05) is 24.3 Å². The molecule has 38 heavy (non-hydrogen) atoms. The normalized spacial score (nSPS) is 10.8. The van der Waals surface area contributed by atoms with Crippen LogP contribution < -0.4 is 25.8 Å². The molecule has 0 aliphatic carbocycles. The fraction of sp³-hybridized carbons (Fsp3) is 0.115. The third-order valence-corrected chi connectivity index (χ3v) is 6.34. The van der Waals surface area contributed by atoms with Crippen LogP contribution in [0.3, 0.4) is 0 Å². The number of methoxy groups -OCH3 is 1. The number of para-hydroxylation sites is 1. The van der Waals surface area contributed by atoms with E-state index in [9.17, 15) is 19.2 Å². The summed E-state index contributed by atoms with van der Waals surface area (Å²) in [7, 11) is 3.09. The molecule has 4 aromatic rings. The molecule has 2 aromatic heterocycles. The van der Waals surface area contributed by atoms with E-state index in [2.05, 4.69) is 15.8 Å². The highest BCUT2D eigenvalue weighted by Crippen LogP contribution is 2.28. The van der Waals surface area contributed by atoms with Crippen LogP contribution in [0, 0.1) is 6.92 Å². The van der Waals surface area contributed by atoms with Crippen LogP contribution in [0.1, 0.15) is 20.9 Å². The summed E-state index contributed by atoms with van der Waals surface area (Å²) < 4.78 is 13.6. The minimum absolute atomic E-state index is 0.0158. The lowest BCUT2D eigenvalue weighted by atomic mass is 10.2. The van der Waals surface area contributed by atoms with Gasteiger partial charge in [0, 0.05) is 7.05 Å². The number of esters is 1. The number of nitrogens with zero attached hydrogens (tertiary/aromatic N) is 3. The van der Waals surface area contributed by atoms with E-state index in [0.717, 1.165) is 0 Å². The van der Waals surface area contributed by atoms with Gasteiger partial charge in [-0.2, -0.15) is 5.10 Å². The van der Waals surface area contributed by atoms with Crippen LogP contribution >= 0.6 is 11.3 Å². The standard InChI is InChI=1S/C26H23N5O6S/c1-16-22(25(34)31(30(16)2)18-8-5-4-6-9-18)28-23(32)24(33)29-27-15-17-11-12-19(20(14-17)36-3)37-26(35)21-10-7-13-38-21/h4-15H,1-3H3,(H,28,32)(H,29,33)/b27-15+. The lowest BCUT2D eigenvalue weighted by Gasteiger charge is -2.09. The third-order valence-electron chi connectivity index (χ3n) is 5.49. The number of nitrogens with one attached hydrogen (secondary N) is 2. The van der Waals surface area contributed by atoms with Gasteiger partial charge in [0.05, 0.1) is 24.7 Å². The number of benzene rings is 2. The molecule has 0 fully saturated rings. The molecule has 0 bridgehead atoms. The van der Waals surface area contributed by atoms with Crippen LogP contribution in [0.4, 0.5) is 5.69 Å². The second-order valence-electron chi connectivity index (χ2n) is 7.87. The summed E-state index contributed by atoms with van der Waals surface area (Å²) in [5, 5.41) is 7.92. The van der Waals surface area contributed by atoms with Gasteiger partial charge in [-0.05, 0) is 54.3 Å². The number of aromatic nitrogens is 2.